The van der Waals surface area contributed by atoms with Gasteiger partial charge in [0.1, 0.15) is 5.69 Å². The average molecular weight is 375 g/mol. The molecule has 1 aliphatic heterocycles. The Kier molecular flexibility index (Phi) is 6.20. The summed E-state index contributed by atoms with van der Waals surface area (Å²) in [5.74, 6) is -0.800. The smallest absolute Gasteiger partial charge is 0.295 e. The molecule has 0 atom stereocenters. The molecule has 0 amide bonds. The molecule has 3 rings (SSSR count). The number of anilines is 1. The van der Waals surface area contributed by atoms with Crippen LogP contribution in [0.25, 0.3) is 0 Å². The van der Waals surface area contributed by atoms with Crippen molar-refractivity contribution in [2.45, 2.75) is 13.1 Å². The van der Waals surface area contributed by atoms with Crippen molar-refractivity contribution < 1.29 is 18.8 Å². The molecule has 1 fully saturated rings. The zero-order chi connectivity index (χ0) is 19.2. The van der Waals surface area contributed by atoms with Crippen LogP contribution < -0.4 is 10.1 Å². The lowest BCUT2D eigenvalue weighted by Gasteiger charge is -2.26. The number of methoxy groups -OCH3 is 1. The second-order valence-corrected chi connectivity index (χ2v) is 6.32. The van der Waals surface area contributed by atoms with Crippen LogP contribution >= 0.6 is 0 Å². The van der Waals surface area contributed by atoms with E-state index in [2.05, 4.69) is 10.2 Å². The van der Waals surface area contributed by atoms with Crippen LogP contribution in [0.2, 0.25) is 0 Å². The van der Waals surface area contributed by atoms with Crippen molar-refractivity contribution in [1.29, 1.82) is 0 Å². The second kappa shape index (κ2) is 8.79. The van der Waals surface area contributed by atoms with Crippen molar-refractivity contribution in [3.8, 4) is 5.75 Å². The molecular formula is C19H22FN3O4. The number of nitrogens with one attached hydrogen (secondary N) is 1. The topological polar surface area (TPSA) is 76.9 Å². The fourth-order valence-electron chi connectivity index (χ4n) is 2.97. The van der Waals surface area contributed by atoms with E-state index in [0.29, 0.717) is 6.54 Å². The van der Waals surface area contributed by atoms with Crippen LogP contribution in [0.5, 0.6) is 5.75 Å². The molecule has 0 spiro atoms. The first-order chi connectivity index (χ1) is 13.1. The monoisotopic (exact) mass is 375 g/mol. The van der Waals surface area contributed by atoms with Gasteiger partial charge in [-0.25, -0.2) is 4.39 Å². The van der Waals surface area contributed by atoms with Gasteiger partial charge in [-0.05, 0) is 11.1 Å². The van der Waals surface area contributed by atoms with Crippen molar-refractivity contribution in [3.05, 3.63) is 63.5 Å². The normalized spacial score (nSPS) is 14.7. The largest absolute Gasteiger partial charge is 0.494 e. The van der Waals surface area contributed by atoms with E-state index in [0.717, 1.165) is 44.5 Å². The van der Waals surface area contributed by atoms with Gasteiger partial charge in [0.05, 0.1) is 31.3 Å². The minimum atomic E-state index is -0.762. The molecule has 1 heterocycles. The minimum absolute atomic E-state index is 0.0380. The Bertz CT molecular complexity index is 792. The summed E-state index contributed by atoms with van der Waals surface area (Å²) < 4.78 is 24.0. The number of halogens is 1. The average Bonchev–Trinajstić information content (AvgIpc) is 2.68. The van der Waals surface area contributed by atoms with Gasteiger partial charge in [0.2, 0.25) is 0 Å². The summed E-state index contributed by atoms with van der Waals surface area (Å²) in [5, 5.41) is 14.2. The Balaban J connectivity index is 1.65. The van der Waals surface area contributed by atoms with Gasteiger partial charge in [-0.3, -0.25) is 15.0 Å². The molecule has 27 heavy (non-hydrogen) atoms. The van der Waals surface area contributed by atoms with Crippen LogP contribution in [-0.2, 0) is 17.8 Å². The summed E-state index contributed by atoms with van der Waals surface area (Å²) in [6.45, 7) is 4.65. The number of nitro groups is 1. The van der Waals surface area contributed by atoms with E-state index < -0.39 is 10.7 Å². The van der Waals surface area contributed by atoms with Crippen molar-refractivity contribution in [1.82, 2.24) is 4.90 Å². The predicted octanol–water partition coefficient (Wildman–Crippen LogP) is 3.19. The standard InChI is InChI=1S/C19H22FN3O4/c1-26-19-11-17(18(23(24)25)10-16(19)20)21-12-14-2-4-15(5-3-14)13-22-6-8-27-9-7-22/h2-5,10-11,21H,6-9,12-13H2,1H3. The highest BCUT2D eigenvalue weighted by Crippen LogP contribution is 2.32. The highest BCUT2D eigenvalue weighted by atomic mass is 19.1. The fourth-order valence-corrected chi connectivity index (χ4v) is 2.97. The molecule has 144 valence electrons. The molecule has 7 nitrogen and oxygen atoms in total. The number of ether oxygens (including phenoxy) is 2. The SMILES string of the molecule is COc1cc(NCc2ccc(CN3CCOCC3)cc2)c([N+](=O)[O-])cc1F. The third-order valence-electron chi connectivity index (χ3n) is 4.48. The number of nitrogens with zero attached hydrogens (tertiary/aromatic N) is 2. The van der Waals surface area contributed by atoms with E-state index in [4.69, 9.17) is 9.47 Å². The van der Waals surface area contributed by atoms with Crippen LogP contribution in [0.3, 0.4) is 0 Å². The number of hydrogen-bond acceptors (Lipinski definition) is 6. The van der Waals surface area contributed by atoms with E-state index in [1.807, 2.05) is 24.3 Å². The van der Waals surface area contributed by atoms with Gasteiger partial charge in [0.15, 0.2) is 11.6 Å². The molecule has 1 N–H and O–H groups in total. The van der Waals surface area contributed by atoms with Crippen molar-refractivity contribution in [3.63, 3.8) is 0 Å². The zero-order valence-electron chi connectivity index (χ0n) is 15.1. The molecule has 2 aromatic rings. The fraction of sp³-hybridized carbons (Fsp3) is 0.368. The molecule has 0 aliphatic carbocycles. The maximum atomic E-state index is 13.7. The van der Waals surface area contributed by atoms with E-state index in [1.54, 1.807) is 0 Å². The lowest BCUT2D eigenvalue weighted by molar-refractivity contribution is -0.384. The lowest BCUT2D eigenvalue weighted by atomic mass is 10.1. The van der Waals surface area contributed by atoms with Crippen LogP contribution in [0.15, 0.2) is 36.4 Å². The van der Waals surface area contributed by atoms with Gasteiger partial charge in [0.25, 0.3) is 5.69 Å². The third kappa shape index (κ3) is 4.93. The highest BCUT2D eigenvalue weighted by Gasteiger charge is 2.19. The van der Waals surface area contributed by atoms with Crippen LogP contribution in [0, 0.1) is 15.9 Å². The van der Waals surface area contributed by atoms with Crippen molar-refractivity contribution in [2.75, 3.05) is 38.7 Å². The Morgan fingerprint density at radius 2 is 1.89 bits per heavy atom. The Hall–Kier alpha value is -2.71. The van der Waals surface area contributed by atoms with Crippen LogP contribution in [-0.4, -0.2) is 43.2 Å². The van der Waals surface area contributed by atoms with Gasteiger partial charge in [-0.1, -0.05) is 24.3 Å². The molecule has 1 aliphatic rings. The molecule has 2 aromatic carbocycles. The molecule has 8 heteroatoms. The van der Waals surface area contributed by atoms with Gasteiger partial charge in [-0.15, -0.1) is 0 Å². The number of hydrogen-bond donors (Lipinski definition) is 1. The Morgan fingerprint density at radius 1 is 1.22 bits per heavy atom. The van der Waals surface area contributed by atoms with Gasteiger partial charge in [0, 0.05) is 32.2 Å². The van der Waals surface area contributed by atoms with E-state index in [1.165, 1.54) is 18.7 Å². The second-order valence-electron chi connectivity index (χ2n) is 6.32. The molecule has 0 aromatic heterocycles. The van der Waals surface area contributed by atoms with Gasteiger partial charge in [-0.2, -0.15) is 0 Å². The van der Waals surface area contributed by atoms with Crippen molar-refractivity contribution in [2.24, 2.45) is 0 Å². The molecule has 0 radical (unpaired) electrons. The molecular weight excluding hydrogens is 353 g/mol. The summed E-state index contributed by atoms with van der Waals surface area (Å²) in [5.41, 5.74) is 2.07. The molecule has 0 bridgehead atoms. The van der Waals surface area contributed by atoms with E-state index >= 15 is 0 Å². The quantitative estimate of drug-likeness (QED) is 0.592. The van der Waals surface area contributed by atoms with Crippen molar-refractivity contribution >= 4 is 11.4 Å². The number of rotatable bonds is 7. The zero-order valence-corrected chi connectivity index (χ0v) is 15.1. The first-order valence-electron chi connectivity index (χ1n) is 8.70. The Labute approximate surface area is 156 Å². The number of benzene rings is 2. The summed E-state index contributed by atoms with van der Waals surface area (Å²) >= 11 is 0. The van der Waals surface area contributed by atoms with Crippen LogP contribution in [0.1, 0.15) is 11.1 Å². The summed E-state index contributed by atoms with van der Waals surface area (Å²) in [6, 6.07) is 10.2. The third-order valence-corrected chi connectivity index (χ3v) is 4.48. The predicted molar refractivity (Wildman–Crippen MR) is 99.5 cm³/mol. The Morgan fingerprint density at radius 3 is 2.52 bits per heavy atom. The number of morpholine rings is 1. The first kappa shape index (κ1) is 19.1. The maximum Gasteiger partial charge on any atom is 0.295 e. The minimum Gasteiger partial charge on any atom is -0.494 e. The van der Waals surface area contributed by atoms with E-state index in [-0.39, 0.29) is 17.1 Å². The van der Waals surface area contributed by atoms with Gasteiger partial charge >= 0.3 is 0 Å². The number of nitro benzene ring substituents is 1. The van der Waals surface area contributed by atoms with Crippen LogP contribution in [0.4, 0.5) is 15.8 Å². The molecule has 1 saturated heterocycles. The van der Waals surface area contributed by atoms with E-state index in [9.17, 15) is 14.5 Å². The lowest BCUT2D eigenvalue weighted by Crippen LogP contribution is -2.35. The highest BCUT2D eigenvalue weighted by molar-refractivity contribution is 5.64. The summed E-state index contributed by atoms with van der Waals surface area (Å²) in [4.78, 5) is 12.9. The van der Waals surface area contributed by atoms with Gasteiger partial charge < -0.3 is 14.8 Å². The first-order valence-corrected chi connectivity index (χ1v) is 8.70. The molecule has 0 saturated carbocycles. The summed E-state index contributed by atoms with van der Waals surface area (Å²) in [6.07, 6.45) is 0. The molecule has 0 unspecified atom stereocenters. The maximum absolute atomic E-state index is 13.7. The summed E-state index contributed by atoms with van der Waals surface area (Å²) in [7, 11) is 1.32.